The minimum Gasteiger partial charge on any atom is -0.484 e. The van der Waals surface area contributed by atoms with Crippen LogP contribution in [0.15, 0.2) is 71.6 Å². The van der Waals surface area contributed by atoms with Crippen molar-refractivity contribution >= 4 is 27.3 Å². The van der Waals surface area contributed by atoms with Crippen LogP contribution < -0.4 is 14.4 Å². The summed E-state index contributed by atoms with van der Waals surface area (Å²) in [7, 11) is -3.64. The number of benzene rings is 3. The smallest absolute Gasteiger partial charge is 0.264 e. The molecule has 6 nitrogen and oxygen atoms in total. The van der Waals surface area contributed by atoms with Crippen molar-refractivity contribution in [2.75, 3.05) is 22.8 Å². The second-order valence-corrected chi connectivity index (χ2v) is 9.85. The quantitative estimate of drug-likeness (QED) is 0.602. The molecule has 1 aliphatic rings. The molecule has 0 aromatic heterocycles. The Morgan fingerprint density at radius 1 is 0.969 bits per heavy atom. The van der Waals surface area contributed by atoms with Crippen molar-refractivity contribution in [3.8, 4) is 5.75 Å². The third-order valence-corrected chi connectivity index (χ3v) is 7.27. The molecule has 32 heavy (non-hydrogen) atoms. The van der Waals surface area contributed by atoms with E-state index >= 15 is 0 Å². The van der Waals surface area contributed by atoms with Crippen LogP contribution in [0.25, 0.3) is 0 Å². The molecule has 0 saturated carbocycles. The van der Waals surface area contributed by atoms with Crippen LogP contribution in [0.3, 0.4) is 0 Å². The first-order chi connectivity index (χ1) is 15.3. The zero-order valence-corrected chi connectivity index (χ0v) is 19.0. The van der Waals surface area contributed by atoms with Crippen molar-refractivity contribution in [2.45, 2.75) is 31.6 Å². The summed E-state index contributed by atoms with van der Waals surface area (Å²) in [6, 6.07) is 19.7. The molecule has 1 amide bonds. The Hall–Kier alpha value is -3.32. The summed E-state index contributed by atoms with van der Waals surface area (Å²) < 4.78 is 33.4. The second-order valence-electron chi connectivity index (χ2n) is 7.99. The number of sulfonamides is 1. The molecule has 1 heterocycles. The van der Waals surface area contributed by atoms with Gasteiger partial charge in [-0.3, -0.25) is 9.10 Å². The normalized spacial score (nSPS) is 13.4. The highest BCUT2D eigenvalue weighted by molar-refractivity contribution is 7.92. The largest absolute Gasteiger partial charge is 0.484 e. The highest BCUT2D eigenvalue weighted by Crippen LogP contribution is 2.33. The molecule has 0 atom stereocenters. The van der Waals surface area contributed by atoms with Gasteiger partial charge in [-0.1, -0.05) is 35.4 Å². The third-order valence-electron chi connectivity index (χ3n) is 5.44. The second kappa shape index (κ2) is 9.04. The summed E-state index contributed by atoms with van der Waals surface area (Å²) in [5.74, 6) is 0.360. The summed E-state index contributed by atoms with van der Waals surface area (Å²) in [5, 5.41) is 2.83. The number of rotatable bonds is 6. The first-order valence-electron chi connectivity index (χ1n) is 10.5. The van der Waals surface area contributed by atoms with Crippen molar-refractivity contribution in [3.05, 3.63) is 83.4 Å². The highest BCUT2D eigenvalue weighted by atomic mass is 32.2. The maximum absolute atomic E-state index is 13.2. The van der Waals surface area contributed by atoms with Gasteiger partial charge < -0.3 is 10.1 Å². The summed E-state index contributed by atoms with van der Waals surface area (Å²) in [6.45, 7) is 4.24. The lowest BCUT2D eigenvalue weighted by Gasteiger charge is -2.31. The molecular formula is C25H26N2O4S. The molecule has 0 aliphatic carbocycles. The average Bonchev–Trinajstić information content (AvgIpc) is 2.78. The molecule has 3 aromatic carbocycles. The zero-order valence-electron chi connectivity index (χ0n) is 18.2. The number of carbonyl (C=O) groups is 1. The van der Waals surface area contributed by atoms with Crippen molar-refractivity contribution in [3.63, 3.8) is 0 Å². The first kappa shape index (κ1) is 21.9. The molecule has 0 fully saturated rings. The Kier molecular flexibility index (Phi) is 6.19. The number of fused-ring (bicyclic) bond motifs is 1. The molecule has 166 valence electrons. The Labute approximate surface area is 188 Å². The molecule has 3 aromatic rings. The van der Waals surface area contributed by atoms with Gasteiger partial charge in [-0.15, -0.1) is 0 Å². The fourth-order valence-corrected chi connectivity index (χ4v) is 5.25. The van der Waals surface area contributed by atoms with Crippen LogP contribution in [0, 0.1) is 13.8 Å². The van der Waals surface area contributed by atoms with Crippen molar-refractivity contribution in [1.29, 1.82) is 0 Å². The fraction of sp³-hybridized carbons (Fsp3) is 0.240. The van der Waals surface area contributed by atoms with Crippen LogP contribution in [-0.4, -0.2) is 27.5 Å². The Morgan fingerprint density at radius 3 is 2.31 bits per heavy atom. The number of hydrogen-bond acceptors (Lipinski definition) is 4. The summed E-state index contributed by atoms with van der Waals surface area (Å²) in [4.78, 5) is 12.6. The predicted molar refractivity (Wildman–Crippen MR) is 126 cm³/mol. The molecular weight excluding hydrogens is 424 g/mol. The lowest BCUT2D eigenvalue weighted by Crippen LogP contribution is -2.35. The van der Waals surface area contributed by atoms with Crippen LogP contribution in [0.4, 0.5) is 11.4 Å². The maximum Gasteiger partial charge on any atom is 0.264 e. The SMILES string of the molecule is Cc1ccc(OCC(=O)Nc2ccc3c(c2)CCCN3S(=O)(=O)c2ccc(C)cc2)cc1. The van der Waals surface area contributed by atoms with E-state index in [0.29, 0.717) is 30.1 Å². The van der Waals surface area contributed by atoms with Crippen molar-refractivity contribution in [1.82, 2.24) is 0 Å². The van der Waals surface area contributed by atoms with Crippen molar-refractivity contribution < 1.29 is 17.9 Å². The summed E-state index contributed by atoms with van der Waals surface area (Å²) in [5.41, 5.74) is 4.30. The van der Waals surface area contributed by atoms with E-state index in [9.17, 15) is 13.2 Å². The Morgan fingerprint density at radius 2 is 1.62 bits per heavy atom. The molecule has 0 radical (unpaired) electrons. The maximum atomic E-state index is 13.2. The topological polar surface area (TPSA) is 75.7 Å². The van der Waals surface area contributed by atoms with Crippen LogP contribution in [0.5, 0.6) is 5.75 Å². The van der Waals surface area contributed by atoms with Gasteiger partial charge in [-0.2, -0.15) is 0 Å². The molecule has 0 spiro atoms. The molecule has 0 bridgehead atoms. The number of hydrogen-bond donors (Lipinski definition) is 1. The minimum atomic E-state index is -3.64. The number of nitrogens with one attached hydrogen (secondary N) is 1. The van der Waals surface area contributed by atoms with Gasteiger partial charge in [0.05, 0.1) is 10.6 Å². The minimum absolute atomic E-state index is 0.103. The number of ether oxygens (including phenoxy) is 1. The summed E-state index contributed by atoms with van der Waals surface area (Å²) >= 11 is 0. The molecule has 0 unspecified atom stereocenters. The molecule has 1 aliphatic heterocycles. The number of anilines is 2. The molecule has 0 saturated heterocycles. The fourth-order valence-electron chi connectivity index (χ4n) is 3.71. The lowest BCUT2D eigenvalue weighted by atomic mass is 10.0. The average molecular weight is 451 g/mol. The van der Waals surface area contributed by atoms with Crippen molar-refractivity contribution in [2.24, 2.45) is 0 Å². The third kappa shape index (κ3) is 4.78. The number of nitrogens with zero attached hydrogens (tertiary/aromatic N) is 1. The summed E-state index contributed by atoms with van der Waals surface area (Å²) in [6.07, 6.45) is 1.46. The Bertz CT molecular complexity index is 1220. The zero-order chi connectivity index (χ0) is 22.7. The van der Waals surface area contributed by atoms with E-state index in [1.54, 1.807) is 36.4 Å². The monoisotopic (exact) mass is 450 g/mol. The van der Waals surface area contributed by atoms with E-state index in [2.05, 4.69) is 5.32 Å². The first-order valence-corrected chi connectivity index (χ1v) is 12.0. The lowest BCUT2D eigenvalue weighted by molar-refractivity contribution is -0.118. The number of aryl methyl sites for hydroxylation is 3. The van der Waals surface area contributed by atoms with E-state index in [4.69, 9.17) is 4.74 Å². The van der Waals surface area contributed by atoms with Crippen LogP contribution >= 0.6 is 0 Å². The van der Waals surface area contributed by atoms with Gasteiger partial charge in [0, 0.05) is 12.2 Å². The number of carbonyl (C=O) groups excluding carboxylic acids is 1. The number of amides is 1. The molecule has 4 rings (SSSR count). The van der Waals surface area contributed by atoms with E-state index in [1.807, 2.05) is 44.2 Å². The van der Waals surface area contributed by atoms with E-state index in [0.717, 1.165) is 23.1 Å². The van der Waals surface area contributed by atoms with E-state index in [-0.39, 0.29) is 17.4 Å². The standard InChI is InChI=1S/C25H26N2O4S/c1-18-5-10-22(11-6-18)31-17-25(28)26-21-9-14-24-20(16-21)4-3-15-27(24)32(29,30)23-12-7-19(2)8-13-23/h5-14,16H,3-4,15,17H2,1-2H3,(H,26,28). The van der Waals surface area contributed by atoms with E-state index < -0.39 is 10.0 Å². The van der Waals surface area contributed by atoms with Gasteiger partial charge in [0.1, 0.15) is 5.75 Å². The van der Waals surface area contributed by atoms with Gasteiger partial charge in [-0.25, -0.2) is 8.42 Å². The van der Waals surface area contributed by atoms with Crippen LogP contribution in [0.2, 0.25) is 0 Å². The van der Waals surface area contributed by atoms with E-state index in [1.165, 1.54) is 4.31 Å². The van der Waals surface area contributed by atoms with Crippen LogP contribution in [-0.2, 0) is 21.2 Å². The highest BCUT2D eigenvalue weighted by Gasteiger charge is 2.29. The van der Waals surface area contributed by atoms with Gasteiger partial charge in [0.25, 0.3) is 15.9 Å². The Balaban J connectivity index is 1.47. The van der Waals surface area contributed by atoms with Gasteiger partial charge >= 0.3 is 0 Å². The van der Waals surface area contributed by atoms with Gasteiger partial charge in [-0.05, 0) is 74.7 Å². The van der Waals surface area contributed by atoms with Gasteiger partial charge in [0.15, 0.2) is 6.61 Å². The van der Waals surface area contributed by atoms with Gasteiger partial charge in [0.2, 0.25) is 0 Å². The molecule has 7 heteroatoms. The van der Waals surface area contributed by atoms with Crippen LogP contribution in [0.1, 0.15) is 23.1 Å². The molecule has 1 N–H and O–H groups in total. The predicted octanol–water partition coefficient (Wildman–Crippen LogP) is 4.46.